The monoisotopic (exact) mass is 463 g/mol. The summed E-state index contributed by atoms with van der Waals surface area (Å²) in [6, 6.07) is 2.04. The van der Waals surface area contributed by atoms with E-state index in [0.717, 1.165) is 50.7 Å². The molecule has 0 aromatic rings. The van der Waals surface area contributed by atoms with Crippen LogP contribution in [0, 0.1) is 5.92 Å². The second-order valence-corrected chi connectivity index (χ2v) is 13.8. The first-order valence-corrected chi connectivity index (χ1v) is 16.4. The molecule has 6 nitrogen and oxygen atoms in total. The maximum Gasteiger partial charge on any atom is 0.500 e. The first-order valence-electron chi connectivity index (χ1n) is 12.5. The van der Waals surface area contributed by atoms with Gasteiger partial charge in [-0.1, -0.05) is 19.8 Å². The predicted octanol–water partition coefficient (Wildman–Crippen LogP) is 5.34. The molecule has 0 aromatic heterocycles. The fourth-order valence-corrected chi connectivity index (χ4v) is 10.9. The average molecular weight is 464 g/mol. The normalized spacial score (nSPS) is 18.2. The lowest BCUT2D eigenvalue weighted by Crippen LogP contribution is -2.54. The van der Waals surface area contributed by atoms with Crippen molar-refractivity contribution in [2.45, 2.75) is 92.2 Å². The van der Waals surface area contributed by atoms with Gasteiger partial charge >= 0.3 is 17.5 Å². The highest BCUT2D eigenvalue weighted by molar-refractivity contribution is 6.65. The van der Waals surface area contributed by atoms with Crippen LogP contribution in [0.5, 0.6) is 0 Å². The van der Waals surface area contributed by atoms with E-state index in [-0.39, 0.29) is 0 Å². The number of hydrogen-bond donors (Lipinski definition) is 0. The van der Waals surface area contributed by atoms with Gasteiger partial charge in [-0.15, -0.1) is 0 Å². The van der Waals surface area contributed by atoms with Crippen molar-refractivity contribution >= 4 is 17.5 Å². The fraction of sp³-hybridized carbons (Fsp3) is 1.00. The molecule has 1 saturated heterocycles. The molecule has 0 radical (unpaired) electrons. The van der Waals surface area contributed by atoms with E-state index in [2.05, 4.69) is 25.3 Å². The third-order valence-electron chi connectivity index (χ3n) is 5.95. The van der Waals surface area contributed by atoms with Crippen LogP contribution < -0.4 is 0 Å². The molecule has 1 unspecified atom stereocenters. The van der Waals surface area contributed by atoms with E-state index in [1.54, 1.807) is 0 Å². The van der Waals surface area contributed by atoms with Crippen LogP contribution in [-0.4, -0.2) is 68.2 Å². The molecular formula is C22H49NO5Si2. The van der Waals surface area contributed by atoms with Gasteiger partial charge in [0.2, 0.25) is 0 Å². The molecule has 0 bridgehead atoms. The molecule has 1 atom stereocenters. The van der Waals surface area contributed by atoms with Gasteiger partial charge in [-0.25, -0.2) is 0 Å². The van der Waals surface area contributed by atoms with E-state index in [1.165, 1.54) is 32.1 Å². The van der Waals surface area contributed by atoms with Gasteiger partial charge in [0.15, 0.2) is 0 Å². The Kier molecular flexibility index (Phi) is 15.0. The van der Waals surface area contributed by atoms with Gasteiger partial charge < -0.3 is 22.1 Å². The van der Waals surface area contributed by atoms with Crippen LogP contribution in [-0.2, 0) is 22.1 Å². The van der Waals surface area contributed by atoms with Gasteiger partial charge in [0, 0.05) is 45.1 Å². The van der Waals surface area contributed by atoms with Crippen molar-refractivity contribution in [2.75, 3.05) is 46.1 Å². The standard InChI is InChI=1S/C22H49NO5Si2/c1-7-22(17-14-21-30(26-10-4,27-11-5)28-12-6)16-13-18-23-19-15-20-29(23,24-8-2)25-9-3/h22H,7-21H2,1-6H3. The van der Waals surface area contributed by atoms with Crippen molar-refractivity contribution in [1.29, 1.82) is 0 Å². The summed E-state index contributed by atoms with van der Waals surface area (Å²) in [5.41, 5.74) is 0. The average Bonchev–Trinajstić information content (AvgIpc) is 3.10. The SMILES string of the molecule is CCO[Si](CCCC(CC)CCCN1CCC[Si]1(OCC)OCC)(OCC)OCC. The van der Waals surface area contributed by atoms with E-state index in [0.29, 0.717) is 19.8 Å². The second kappa shape index (κ2) is 15.9. The van der Waals surface area contributed by atoms with Crippen LogP contribution >= 0.6 is 0 Å². The van der Waals surface area contributed by atoms with Crippen molar-refractivity contribution in [1.82, 2.24) is 4.57 Å². The molecule has 0 aliphatic carbocycles. The molecule has 1 fully saturated rings. The van der Waals surface area contributed by atoms with Gasteiger partial charge in [-0.3, -0.25) is 4.57 Å². The minimum atomic E-state index is -2.50. The molecule has 0 aromatic carbocycles. The Bertz CT molecular complexity index is 407. The second-order valence-electron chi connectivity index (χ2n) is 7.96. The minimum Gasteiger partial charge on any atom is -0.383 e. The van der Waals surface area contributed by atoms with Gasteiger partial charge in [0.25, 0.3) is 0 Å². The zero-order chi connectivity index (χ0) is 22.3. The summed E-state index contributed by atoms with van der Waals surface area (Å²) in [7, 11) is -4.63. The molecule has 0 saturated carbocycles. The minimum absolute atomic E-state index is 0.657. The zero-order valence-corrected chi connectivity index (χ0v) is 22.7. The molecule has 30 heavy (non-hydrogen) atoms. The molecule has 0 spiro atoms. The highest BCUT2D eigenvalue weighted by Crippen LogP contribution is 2.30. The highest BCUT2D eigenvalue weighted by atomic mass is 28.4. The summed E-state index contributed by atoms with van der Waals surface area (Å²) in [6.45, 7) is 18.3. The van der Waals surface area contributed by atoms with Crippen LogP contribution in [0.4, 0.5) is 0 Å². The third kappa shape index (κ3) is 8.98. The maximum absolute atomic E-state index is 6.20. The van der Waals surface area contributed by atoms with Crippen molar-refractivity contribution in [3.63, 3.8) is 0 Å². The predicted molar refractivity (Wildman–Crippen MR) is 128 cm³/mol. The van der Waals surface area contributed by atoms with Gasteiger partial charge in [-0.05, 0) is 79.3 Å². The molecule has 1 rings (SSSR count). The summed E-state index contributed by atoms with van der Waals surface area (Å²) in [6.07, 6.45) is 7.26. The molecule has 0 N–H and O–H groups in total. The van der Waals surface area contributed by atoms with Crippen molar-refractivity contribution < 1.29 is 22.1 Å². The van der Waals surface area contributed by atoms with E-state index in [1.807, 2.05) is 20.8 Å². The summed E-state index contributed by atoms with van der Waals surface area (Å²) >= 11 is 0. The summed E-state index contributed by atoms with van der Waals surface area (Å²) < 4.78 is 33.0. The van der Waals surface area contributed by atoms with Crippen molar-refractivity contribution in [2.24, 2.45) is 5.92 Å². The van der Waals surface area contributed by atoms with Crippen LogP contribution in [0.3, 0.4) is 0 Å². The summed E-state index contributed by atoms with van der Waals surface area (Å²) in [5.74, 6) is 0.749. The number of rotatable bonds is 19. The van der Waals surface area contributed by atoms with E-state index in [9.17, 15) is 0 Å². The third-order valence-corrected chi connectivity index (χ3v) is 13.0. The quantitative estimate of drug-likeness (QED) is 0.241. The van der Waals surface area contributed by atoms with Gasteiger partial charge in [0.05, 0.1) is 0 Å². The smallest absolute Gasteiger partial charge is 0.383 e. The van der Waals surface area contributed by atoms with Crippen LogP contribution in [0.1, 0.15) is 80.1 Å². The molecule has 180 valence electrons. The molecule has 0 amide bonds. The topological polar surface area (TPSA) is 49.4 Å². The number of nitrogens with zero attached hydrogens (tertiary/aromatic N) is 1. The largest absolute Gasteiger partial charge is 0.500 e. The fourth-order valence-electron chi connectivity index (χ4n) is 4.66. The molecule has 8 heteroatoms. The first-order chi connectivity index (χ1) is 14.5. The van der Waals surface area contributed by atoms with Crippen LogP contribution in [0.2, 0.25) is 12.1 Å². The lowest BCUT2D eigenvalue weighted by atomic mass is 9.95. The molecule has 1 aliphatic rings. The zero-order valence-electron chi connectivity index (χ0n) is 20.7. The lowest BCUT2D eigenvalue weighted by molar-refractivity contribution is 0.0702. The Morgan fingerprint density at radius 1 is 0.800 bits per heavy atom. The van der Waals surface area contributed by atoms with Crippen molar-refractivity contribution in [3.05, 3.63) is 0 Å². The Balaban J connectivity index is 2.48. The Morgan fingerprint density at radius 2 is 1.37 bits per heavy atom. The van der Waals surface area contributed by atoms with Crippen LogP contribution in [0.15, 0.2) is 0 Å². The summed E-state index contributed by atoms with van der Waals surface area (Å²) in [4.78, 5) is 0. The number of hydrogen-bond acceptors (Lipinski definition) is 6. The lowest BCUT2D eigenvalue weighted by Gasteiger charge is -2.34. The molecular weight excluding hydrogens is 414 g/mol. The molecule has 1 aliphatic heterocycles. The Hall–Kier alpha value is 0.194. The maximum atomic E-state index is 6.20. The Labute approximate surface area is 188 Å². The van der Waals surface area contributed by atoms with E-state index in [4.69, 9.17) is 22.1 Å². The Morgan fingerprint density at radius 3 is 1.87 bits per heavy atom. The van der Waals surface area contributed by atoms with Crippen molar-refractivity contribution in [3.8, 4) is 0 Å². The van der Waals surface area contributed by atoms with Crippen LogP contribution in [0.25, 0.3) is 0 Å². The van der Waals surface area contributed by atoms with Gasteiger partial charge in [0.1, 0.15) is 0 Å². The van der Waals surface area contributed by atoms with Gasteiger partial charge in [-0.2, -0.15) is 0 Å². The summed E-state index contributed by atoms with van der Waals surface area (Å²) in [5, 5.41) is 0. The first kappa shape index (κ1) is 28.2. The van der Waals surface area contributed by atoms with E-state index >= 15 is 0 Å². The highest BCUT2D eigenvalue weighted by Gasteiger charge is 2.48. The molecule has 1 heterocycles. The van der Waals surface area contributed by atoms with E-state index < -0.39 is 17.5 Å².